The quantitative estimate of drug-likeness (QED) is 0.0255. The zero-order valence-electron chi connectivity index (χ0n) is 35.5. The Bertz CT molecular complexity index is 860. The van der Waals surface area contributed by atoms with E-state index in [0.29, 0.717) is 37.4 Å². The van der Waals surface area contributed by atoms with Crippen LogP contribution in [0.2, 0.25) is 0 Å². The predicted molar refractivity (Wildman–Crippen MR) is 239 cm³/mol. The fourth-order valence-corrected chi connectivity index (χ4v) is 9.08. The summed E-state index contributed by atoms with van der Waals surface area (Å²) in [7, 11) is 2.99. The SMILES string of the molecule is NC(CSSCC(N)C(=O)NCCCCCCCCCCCCCCCCCCC(=O)O)C(=O)NCCCCCCCCCCCCCCCCCCC(=O)O. The first kappa shape index (κ1) is 54.5. The van der Waals surface area contributed by atoms with Crippen molar-refractivity contribution in [3.63, 3.8) is 0 Å². The van der Waals surface area contributed by atoms with E-state index in [-0.39, 0.29) is 11.8 Å². The molecule has 0 aliphatic rings. The first-order chi connectivity index (χ1) is 27.2. The first-order valence-electron chi connectivity index (χ1n) is 23.0. The number of nitrogens with one attached hydrogen (secondary N) is 2. The van der Waals surface area contributed by atoms with Crippen LogP contribution in [0.1, 0.15) is 218 Å². The number of hydrogen-bond donors (Lipinski definition) is 6. The summed E-state index contributed by atoms with van der Waals surface area (Å²) in [6.07, 6.45) is 39.3. The fraction of sp³-hybridized carbons (Fsp3) is 0.909. The molecule has 0 heterocycles. The van der Waals surface area contributed by atoms with Gasteiger partial charge in [0.25, 0.3) is 0 Å². The van der Waals surface area contributed by atoms with Crippen LogP contribution >= 0.6 is 21.6 Å². The Kier molecular flexibility index (Phi) is 41.9. The molecule has 0 fully saturated rings. The van der Waals surface area contributed by atoms with Crippen molar-refractivity contribution >= 4 is 45.3 Å². The van der Waals surface area contributed by atoms with Crippen molar-refractivity contribution < 1.29 is 29.4 Å². The number of carbonyl (C=O) groups excluding carboxylic acids is 2. The Labute approximate surface area is 350 Å². The van der Waals surface area contributed by atoms with Gasteiger partial charge < -0.3 is 32.3 Å². The molecular weight excluding hydrogens is 745 g/mol. The lowest BCUT2D eigenvalue weighted by atomic mass is 10.0. The number of hydrogen-bond acceptors (Lipinski definition) is 8. The molecule has 2 unspecified atom stereocenters. The average molecular weight is 831 g/mol. The predicted octanol–water partition coefficient (Wildman–Crippen LogP) is 10.7. The van der Waals surface area contributed by atoms with Crippen molar-refractivity contribution in [3.05, 3.63) is 0 Å². The topological polar surface area (TPSA) is 185 Å². The molecule has 12 heteroatoms. The summed E-state index contributed by atoms with van der Waals surface area (Å²) in [5, 5.41) is 23.2. The van der Waals surface area contributed by atoms with Gasteiger partial charge in [-0.2, -0.15) is 0 Å². The molecule has 0 saturated carbocycles. The van der Waals surface area contributed by atoms with Crippen LogP contribution < -0.4 is 22.1 Å². The molecule has 0 aliphatic heterocycles. The summed E-state index contributed by atoms with van der Waals surface area (Å²) in [5.41, 5.74) is 12.2. The Balaban J connectivity index is 3.44. The molecule has 0 bridgehead atoms. The summed E-state index contributed by atoms with van der Waals surface area (Å²) >= 11 is 0. The maximum Gasteiger partial charge on any atom is 0.303 e. The Hall–Kier alpha value is -1.50. The molecule has 330 valence electrons. The molecule has 8 N–H and O–H groups in total. The van der Waals surface area contributed by atoms with Gasteiger partial charge in [-0.25, -0.2) is 0 Å². The highest BCUT2D eigenvalue weighted by Crippen LogP contribution is 2.22. The van der Waals surface area contributed by atoms with E-state index in [4.69, 9.17) is 21.7 Å². The van der Waals surface area contributed by atoms with E-state index < -0.39 is 24.0 Å². The van der Waals surface area contributed by atoms with Crippen molar-refractivity contribution in [1.29, 1.82) is 0 Å². The van der Waals surface area contributed by atoms with E-state index in [2.05, 4.69) is 10.6 Å². The van der Waals surface area contributed by atoms with E-state index in [1.165, 1.54) is 176 Å². The number of rotatable bonds is 45. The van der Waals surface area contributed by atoms with Crippen LogP contribution in [0, 0.1) is 0 Å². The molecule has 0 rings (SSSR count). The Morgan fingerprint density at radius 3 is 0.768 bits per heavy atom. The summed E-state index contributed by atoms with van der Waals surface area (Å²) in [6, 6.07) is -1.13. The molecule has 0 saturated heterocycles. The molecule has 10 nitrogen and oxygen atoms in total. The second-order valence-corrected chi connectivity index (χ2v) is 18.5. The van der Waals surface area contributed by atoms with Gasteiger partial charge >= 0.3 is 11.9 Å². The number of amides is 2. The number of unbranched alkanes of at least 4 members (excludes halogenated alkanes) is 30. The number of aliphatic carboxylic acids is 2. The third-order valence-electron chi connectivity index (χ3n) is 10.5. The maximum absolute atomic E-state index is 12.3. The molecule has 0 aromatic carbocycles. The van der Waals surface area contributed by atoms with Crippen molar-refractivity contribution in [2.75, 3.05) is 24.6 Å². The normalized spacial score (nSPS) is 12.4. The van der Waals surface area contributed by atoms with Gasteiger partial charge in [0.2, 0.25) is 11.8 Å². The lowest BCUT2D eigenvalue weighted by Gasteiger charge is -2.14. The van der Waals surface area contributed by atoms with Gasteiger partial charge in [0.05, 0.1) is 12.1 Å². The zero-order valence-corrected chi connectivity index (χ0v) is 37.2. The first-order valence-corrected chi connectivity index (χ1v) is 25.5. The van der Waals surface area contributed by atoms with E-state index in [0.717, 1.165) is 51.4 Å². The van der Waals surface area contributed by atoms with Gasteiger partial charge in [0, 0.05) is 37.4 Å². The van der Waals surface area contributed by atoms with Crippen LogP contribution in [0.3, 0.4) is 0 Å². The lowest BCUT2D eigenvalue weighted by molar-refractivity contribution is -0.138. The Morgan fingerprint density at radius 2 is 0.554 bits per heavy atom. The molecule has 0 spiro atoms. The minimum absolute atomic E-state index is 0.113. The molecule has 0 aromatic rings. The molecule has 0 aromatic heterocycles. The van der Waals surface area contributed by atoms with E-state index >= 15 is 0 Å². The van der Waals surface area contributed by atoms with E-state index in [1.54, 1.807) is 0 Å². The molecule has 56 heavy (non-hydrogen) atoms. The molecule has 2 amide bonds. The van der Waals surface area contributed by atoms with Crippen molar-refractivity contribution in [2.45, 2.75) is 230 Å². The fourth-order valence-electron chi connectivity index (χ4n) is 6.83. The summed E-state index contributed by atoms with van der Waals surface area (Å²) < 4.78 is 0. The maximum atomic E-state index is 12.3. The van der Waals surface area contributed by atoms with E-state index in [9.17, 15) is 19.2 Å². The zero-order chi connectivity index (χ0) is 41.2. The van der Waals surface area contributed by atoms with E-state index in [1.807, 2.05) is 0 Å². The number of carboxylic acids is 2. The van der Waals surface area contributed by atoms with Crippen LogP contribution in [0.15, 0.2) is 0 Å². The van der Waals surface area contributed by atoms with Gasteiger partial charge in [-0.1, -0.05) is 201 Å². The second-order valence-electron chi connectivity index (χ2n) is 16.0. The van der Waals surface area contributed by atoms with Crippen LogP contribution in [0.4, 0.5) is 0 Å². The van der Waals surface area contributed by atoms with Gasteiger partial charge in [-0.3, -0.25) is 19.2 Å². The third-order valence-corrected chi connectivity index (χ3v) is 13.0. The largest absolute Gasteiger partial charge is 0.481 e. The molecule has 0 radical (unpaired) electrons. The van der Waals surface area contributed by atoms with Crippen LogP contribution in [-0.4, -0.2) is 70.6 Å². The smallest absolute Gasteiger partial charge is 0.303 e. The van der Waals surface area contributed by atoms with Gasteiger partial charge in [-0.15, -0.1) is 0 Å². The third kappa shape index (κ3) is 42.1. The highest BCUT2D eigenvalue weighted by molar-refractivity contribution is 8.76. The Morgan fingerprint density at radius 1 is 0.357 bits per heavy atom. The van der Waals surface area contributed by atoms with Crippen molar-refractivity contribution in [2.24, 2.45) is 11.5 Å². The lowest BCUT2D eigenvalue weighted by Crippen LogP contribution is -2.43. The van der Waals surface area contributed by atoms with Crippen LogP contribution in [0.25, 0.3) is 0 Å². The highest BCUT2D eigenvalue weighted by Gasteiger charge is 2.16. The minimum Gasteiger partial charge on any atom is -0.481 e. The monoisotopic (exact) mass is 831 g/mol. The number of carbonyl (C=O) groups is 4. The van der Waals surface area contributed by atoms with Crippen LogP contribution in [-0.2, 0) is 19.2 Å². The number of carboxylic acid groups (broad SMARTS) is 2. The summed E-state index contributed by atoms with van der Waals surface area (Å²) in [6.45, 7) is 1.34. The summed E-state index contributed by atoms with van der Waals surface area (Å²) in [5.74, 6) is -0.611. The van der Waals surface area contributed by atoms with Gasteiger partial charge in [0.15, 0.2) is 0 Å². The minimum atomic E-state index is -0.680. The van der Waals surface area contributed by atoms with Crippen molar-refractivity contribution in [1.82, 2.24) is 10.6 Å². The summed E-state index contributed by atoms with van der Waals surface area (Å²) in [4.78, 5) is 45.7. The second kappa shape index (κ2) is 43.1. The number of nitrogens with two attached hydrogens (primary N) is 2. The average Bonchev–Trinajstić information content (AvgIpc) is 3.17. The van der Waals surface area contributed by atoms with Crippen molar-refractivity contribution in [3.8, 4) is 0 Å². The van der Waals surface area contributed by atoms with Crippen LogP contribution in [0.5, 0.6) is 0 Å². The van der Waals surface area contributed by atoms with Gasteiger partial charge in [-0.05, 0) is 25.7 Å². The molecule has 2 atom stereocenters. The molecular formula is C44H86N4O6S2. The molecule has 0 aliphatic carbocycles. The standard InChI is InChI=1S/C44H86N4O6S2/c45-39(43(53)47-35-31-27-23-19-15-11-7-3-1-5-9-13-17-21-25-29-33-41(49)50)37-55-56-38-40(46)44(54)48-36-32-28-24-20-16-12-8-4-2-6-10-14-18-22-26-30-34-42(51)52/h39-40H,1-38,45-46H2,(H,47,53)(H,48,54)(H,49,50)(H,51,52). The highest BCUT2D eigenvalue weighted by atomic mass is 33.1. The van der Waals surface area contributed by atoms with Gasteiger partial charge in [0.1, 0.15) is 0 Å².